The van der Waals surface area contributed by atoms with Crippen LogP contribution in [0.1, 0.15) is 36.7 Å². The number of nitrogens with two attached hydrogens (primary N) is 1. The molecular formula is C13H19NO2. The first kappa shape index (κ1) is 12.7. The van der Waals surface area contributed by atoms with Crippen molar-refractivity contribution in [1.82, 2.24) is 0 Å². The molecule has 0 aromatic heterocycles. The van der Waals surface area contributed by atoms with Gasteiger partial charge < -0.3 is 10.5 Å². The molecular weight excluding hydrogens is 202 g/mol. The molecule has 0 atom stereocenters. The average molecular weight is 221 g/mol. The van der Waals surface area contributed by atoms with Gasteiger partial charge in [-0.3, -0.25) is 0 Å². The largest absolute Gasteiger partial charge is 0.456 e. The normalized spacial score (nSPS) is 11.2. The van der Waals surface area contributed by atoms with Crippen molar-refractivity contribution in [2.75, 3.05) is 6.54 Å². The highest BCUT2D eigenvalue weighted by Gasteiger charge is 2.17. The molecule has 0 bridgehead atoms. The molecule has 0 aliphatic carbocycles. The van der Waals surface area contributed by atoms with Gasteiger partial charge in [0.25, 0.3) is 0 Å². The molecule has 0 radical (unpaired) electrons. The lowest BCUT2D eigenvalue weighted by atomic mass is 10.1. The number of benzene rings is 1. The number of ether oxygens (including phenoxy) is 1. The van der Waals surface area contributed by atoms with Crippen LogP contribution in [0, 0.1) is 0 Å². The minimum atomic E-state index is -0.451. The van der Waals surface area contributed by atoms with E-state index in [1.165, 1.54) is 0 Å². The highest BCUT2D eigenvalue weighted by Crippen LogP contribution is 2.12. The standard InChI is InChI=1S/C13H19NO2/c1-13(2,3)16-12(15)11-6-4-10(5-7-11)8-9-14/h4-7H,8-9,14H2,1-3H3. The van der Waals surface area contributed by atoms with Crippen molar-refractivity contribution in [3.8, 4) is 0 Å². The summed E-state index contributed by atoms with van der Waals surface area (Å²) in [6.07, 6.45) is 0.828. The number of hydrogen-bond acceptors (Lipinski definition) is 3. The van der Waals surface area contributed by atoms with Gasteiger partial charge in [-0.05, 0) is 51.4 Å². The second kappa shape index (κ2) is 5.12. The van der Waals surface area contributed by atoms with Crippen LogP contribution in [0.15, 0.2) is 24.3 Å². The van der Waals surface area contributed by atoms with E-state index in [0.29, 0.717) is 12.1 Å². The van der Waals surface area contributed by atoms with Crippen molar-refractivity contribution in [2.45, 2.75) is 32.8 Å². The molecule has 3 nitrogen and oxygen atoms in total. The van der Waals surface area contributed by atoms with E-state index in [-0.39, 0.29) is 5.97 Å². The summed E-state index contributed by atoms with van der Waals surface area (Å²) in [5.74, 6) is -0.285. The number of hydrogen-bond donors (Lipinski definition) is 1. The monoisotopic (exact) mass is 221 g/mol. The van der Waals surface area contributed by atoms with Crippen LogP contribution in [0.25, 0.3) is 0 Å². The summed E-state index contributed by atoms with van der Waals surface area (Å²) in [6, 6.07) is 7.37. The van der Waals surface area contributed by atoms with Crippen LogP contribution in [-0.4, -0.2) is 18.1 Å². The van der Waals surface area contributed by atoms with Gasteiger partial charge in [0.05, 0.1) is 5.56 Å². The molecule has 88 valence electrons. The number of carbonyl (C=O) groups is 1. The second-order valence-corrected chi connectivity index (χ2v) is 4.74. The Morgan fingerprint density at radius 2 is 1.81 bits per heavy atom. The molecule has 1 aromatic carbocycles. The average Bonchev–Trinajstić information content (AvgIpc) is 2.16. The summed E-state index contributed by atoms with van der Waals surface area (Å²) in [5.41, 5.74) is 6.71. The molecule has 0 spiro atoms. The van der Waals surface area contributed by atoms with Gasteiger partial charge in [0.1, 0.15) is 5.60 Å². The Labute approximate surface area is 96.6 Å². The molecule has 3 heteroatoms. The lowest BCUT2D eigenvalue weighted by molar-refractivity contribution is 0.00695. The summed E-state index contributed by atoms with van der Waals surface area (Å²) in [7, 11) is 0. The zero-order valence-corrected chi connectivity index (χ0v) is 10.1. The van der Waals surface area contributed by atoms with Crippen LogP contribution in [-0.2, 0) is 11.2 Å². The molecule has 0 amide bonds. The predicted octanol–water partition coefficient (Wildman–Crippen LogP) is 2.14. The summed E-state index contributed by atoms with van der Waals surface area (Å²) in [4.78, 5) is 11.7. The lowest BCUT2D eigenvalue weighted by Crippen LogP contribution is -2.23. The topological polar surface area (TPSA) is 52.3 Å². The molecule has 0 fully saturated rings. The SMILES string of the molecule is CC(C)(C)OC(=O)c1ccc(CCN)cc1. The van der Waals surface area contributed by atoms with Gasteiger partial charge in [0.2, 0.25) is 0 Å². The van der Waals surface area contributed by atoms with E-state index in [1.54, 1.807) is 12.1 Å². The summed E-state index contributed by atoms with van der Waals surface area (Å²) < 4.78 is 5.26. The van der Waals surface area contributed by atoms with Gasteiger partial charge in [0, 0.05) is 0 Å². The maximum absolute atomic E-state index is 11.7. The quantitative estimate of drug-likeness (QED) is 0.796. The van der Waals surface area contributed by atoms with Crippen LogP contribution >= 0.6 is 0 Å². The molecule has 1 aromatic rings. The maximum atomic E-state index is 11.7. The van der Waals surface area contributed by atoms with Crippen LogP contribution in [0.2, 0.25) is 0 Å². The molecule has 0 unspecified atom stereocenters. The lowest BCUT2D eigenvalue weighted by Gasteiger charge is -2.19. The molecule has 0 aliphatic rings. The van der Waals surface area contributed by atoms with Crippen molar-refractivity contribution in [1.29, 1.82) is 0 Å². The van der Waals surface area contributed by atoms with Crippen LogP contribution in [0.4, 0.5) is 0 Å². The number of rotatable bonds is 3. The van der Waals surface area contributed by atoms with Crippen molar-refractivity contribution in [3.05, 3.63) is 35.4 Å². The minimum Gasteiger partial charge on any atom is -0.456 e. The summed E-state index contributed by atoms with van der Waals surface area (Å²) in [6.45, 7) is 6.18. The van der Waals surface area contributed by atoms with Crippen molar-refractivity contribution < 1.29 is 9.53 Å². The Hall–Kier alpha value is -1.35. The first-order valence-corrected chi connectivity index (χ1v) is 5.45. The molecule has 2 N–H and O–H groups in total. The van der Waals surface area contributed by atoms with Gasteiger partial charge in [-0.25, -0.2) is 4.79 Å². The van der Waals surface area contributed by atoms with Gasteiger partial charge >= 0.3 is 5.97 Å². The Balaban J connectivity index is 2.70. The predicted molar refractivity (Wildman–Crippen MR) is 64.4 cm³/mol. The fourth-order valence-corrected chi connectivity index (χ4v) is 1.31. The van der Waals surface area contributed by atoms with E-state index < -0.39 is 5.60 Å². The Morgan fingerprint density at radius 3 is 2.25 bits per heavy atom. The highest BCUT2D eigenvalue weighted by molar-refractivity contribution is 5.89. The fraction of sp³-hybridized carbons (Fsp3) is 0.462. The molecule has 0 aliphatic heterocycles. The molecule has 0 heterocycles. The highest BCUT2D eigenvalue weighted by atomic mass is 16.6. The fourth-order valence-electron chi connectivity index (χ4n) is 1.31. The smallest absolute Gasteiger partial charge is 0.338 e. The van der Waals surface area contributed by atoms with Gasteiger partial charge in [-0.2, -0.15) is 0 Å². The minimum absolute atomic E-state index is 0.285. The zero-order chi connectivity index (χ0) is 12.2. The number of carbonyl (C=O) groups excluding carboxylic acids is 1. The van der Waals surface area contributed by atoms with E-state index >= 15 is 0 Å². The third-order valence-corrected chi connectivity index (χ3v) is 2.02. The number of esters is 1. The van der Waals surface area contributed by atoms with Gasteiger partial charge in [0.15, 0.2) is 0 Å². The Kier molecular flexibility index (Phi) is 4.07. The van der Waals surface area contributed by atoms with Crippen LogP contribution in [0.3, 0.4) is 0 Å². The van der Waals surface area contributed by atoms with Crippen LogP contribution < -0.4 is 5.73 Å². The van der Waals surface area contributed by atoms with E-state index in [1.807, 2.05) is 32.9 Å². The Morgan fingerprint density at radius 1 is 1.25 bits per heavy atom. The first-order chi connectivity index (χ1) is 7.42. The summed E-state index contributed by atoms with van der Waals surface area (Å²) >= 11 is 0. The van der Waals surface area contributed by atoms with Crippen LogP contribution in [0.5, 0.6) is 0 Å². The third-order valence-electron chi connectivity index (χ3n) is 2.02. The maximum Gasteiger partial charge on any atom is 0.338 e. The Bertz CT molecular complexity index is 349. The van der Waals surface area contributed by atoms with Crippen molar-refractivity contribution >= 4 is 5.97 Å². The van der Waals surface area contributed by atoms with Gasteiger partial charge in [-0.1, -0.05) is 12.1 Å². The molecule has 0 saturated heterocycles. The van der Waals surface area contributed by atoms with E-state index in [2.05, 4.69) is 0 Å². The van der Waals surface area contributed by atoms with Gasteiger partial charge in [-0.15, -0.1) is 0 Å². The molecule has 16 heavy (non-hydrogen) atoms. The molecule has 1 rings (SSSR count). The third kappa shape index (κ3) is 4.03. The van der Waals surface area contributed by atoms with Crippen molar-refractivity contribution in [3.63, 3.8) is 0 Å². The van der Waals surface area contributed by atoms with E-state index in [0.717, 1.165) is 12.0 Å². The first-order valence-electron chi connectivity index (χ1n) is 5.45. The summed E-state index contributed by atoms with van der Waals surface area (Å²) in [5, 5.41) is 0. The van der Waals surface area contributed by atoms with Crippen molar-refractivity contribution in [2.24, 2.45) is 5.73 Å². The van der Waals surface area contributed by atoms with E-state index in [4.69, 9.17) is 10.5 Å². The van der Waals surface area contributed by atoms with E-state index in [9.17, 15) is 4.79 Å². The zero-order valence-electron chi connectivity index (χ0n) is 10.1. The second-order valence-electron chi connectivity index (χ2n) is 4.74. The molecule has 0 saturated carbocycles.